The predicted molar refractivity (Wildman–Crippen MR) is 99.6 cm³/mol. The number of rotatable bonds is 6. The van der Waals surface area contributed by atoms with E-state index in [4.69, 9.17) is 4.74 Å². The van der Waals surface area contributed by atoms with Crippen molar-refractivity contribution < 1.29 is 14.5 Å². The fourth-order valence-corrected chi connectivity index (χ4v) is 2.56. The Morgan fingerprint density at radius 3 is 2.50 bits per heavy atom. The van der Waals surface area contributed by atoms with Crippen molar-refractivity contribution in [2.24, 2.45) is 0 Å². The molecule has 26 heavy (non-hydrogen) atoms. The Hall–Kier alpha value is -2.96. The van der Waals surface area contributed by atoms with Crippen LogP contribution >= 0.6 is 0 Å². The second kappa shape index (κ2) is 7.95. The zero-order valence-electron chi connectivity index (χ0n) is 15.6. The monoisotopic (exact) mass is 357 g/mol. The standard InChI is InChI=1S/C19H23N3O4/c1-11(2)15-8-6-7-12(3)17(15)21-19(23)14(5)26-16-10-9-13(4)20-18(16)22(24)25/h6-11,14H,1-5H3,(H,21,23). The maximum Gasteiger partial charge on any atom is 0.406 e. The van der Waals surface area contributed by atoms with Crippen molar-refractivity contribution in [3.63, 3.8) is 0 Å². The van der Waals surface area contributed by atoms with Gasteiger partial charge in [0.25, 0.3) is 5.91 Å². The van der Waals surface area contributed by atoms with Crippen molar-refractivity contribution in [3.05, 3.63) is 57.3 Å². The summed E-state index contributed by atoms with van der Waals surface area (Å²) < 4.78 is 5.52. The largest absolute Gasteiger partial charge is 0.473 e. The maximum atomic E-state index is 12.6. The summed E-state index contributed by atoms with van der Waals surface area (Å²) in [6.45, 7) is 9.21. The summed E-state index contributed by atoms with van der Waals surface area (Å²) in [6, 6.07) is 8.89. The Balaban J connectivity index is 2.21. The van der Waals surface area contributed by atoms with Crippen LogP contribution in [0.4, 0.5) is 11.5 Å². The van der Waals surface area contributed by atoms with Gasteiger partial charge in [0.05, 0.1) is 0 Å². The summed E-state index contributed by atoms with van der Waals surface area (Å²) in [4.78, 5) is 27.0. The van der Waals surface area contributed by atoms with Crippen molar-refractivity contribution >= 4 is 17.4 Å². The highest BCUT2D eigenvalue weighted by atomic mass is 16.6. The third kappa shape index (κ3) is 4.36. The number of amides is 1. The molecule has 1 amide bonds. The number of nitrogens with zero attached hydrogens (tertiary/aromatic N) is 2. The normalized spacial score (nSPS) is 11.9. The van der Waals surface area contributed by atoms with E-state index in [-0.39, 0.29) is 17.6 Å². The minimum Gasteiger partial charge on any atom is -0.473 e. The van der Waals surface area contributed by atoms with Crippen molar-refractivity contribution in [1.82, 2.24) is 4.98 Å². The number of hydrogen-bond donors (Lipinski definition) is 1. The highest BCUT2D eigenvalue weighted by Gasteiger charge is 2.24. The Labute approximate surface area is 152 Å². The van der Waals surface area contributed by atoms with E-state index in [1.807, 2.05) is 39.0 Å². The van der Waals surface area contributed by atoms with Gasteiger partial charge < -0.3 is 20.2 Å². The topological polar surface area (TPSA) is 94.4 Å². The second-order valence-electron chi connectivity index (χ2n) is 6.47. The molecule has 0 saturated heterocycles. The smallest absolute Gasteiger partial charge is 0.406 e. The van der Waals surface area contributed by atoms with Gasteiger partial charge >= 0.3 is 5.82 Å². The van der Waals surface area contributed by atoms with Gasteiger partial charge in [-0.05, 0) is 52.9 Å². The van der Waals surface area contributed by atoms with Crippen LogP contribution in [0.5, 0.6) is 5.75 Å². The van der Waals surface area contributed by atoms with Gasteiger partial charge in [-0.3, -0.25) is 4.79 Å². The van der Waals surface area contributed by atoms with Crippen molar-refractivity contribution in [2.75, 3.05) is 5.32 Å². The molecule has 1 aromatic heterocycles. The van der Waals surface area contributed by atoms with Gasteiger partial charge in [-0.25, -0.2) is 0 Å². The minimum atomic E-state index is -0.919. The molecule has 0 aliphatic carbocycles. The number of para-hydroxylation sites is 1. The van der Waals surface area contributed by atoms with E-state index in [1.54, 1.807) is 19.9 Å². The molecule has 0 aliphatic rings. The summed E-state index contributed by atoms with van der Waals surface area (Å²) in [5.74, 6) is -0.569. The summed E-state index contributed by atoms with van der Waals surface area (Å²) >= 11 is 0. The molecule has 2 rings (SSSR count). The first-order valence-electron chi connectivity index (χ1n) is 8.39. The molecule has 0 aliphatic heterocycles. The zero-order chi connectivity index (χ0) is 19.4. The molecule has 1 atom stereocenters. The number of pyridine rings is 1. The van der Waals surface area contributed by atoms with Crippen LogP contribution in [-0.2, 0) is 4.79 Å². The summed E-state index contributed by atoms with van der Waals surface area (Å²) in [5, 5.41) is 14.0. The van der Waals surface area contributed by atoms with Crippen molar-refractivity contribution in [1.29, 1.82) is 0 Å². The van der Waals surface area contributed by atoms with Gasteiger partial charge in [-0.1, -0.05) is 32.0 Å². The van der Waals surface area contributed by atoms with E-state index < -0.39 is 16.8 Å². The van der Waals surface area contributed by atoms with E-state index in [9.17, 15) is 14.9 Å². The summed E-state index contributed by atoms with van der Waals surface area (Å²) in [6.07, 6.45) is -0.919. The van der Waals surface area contributed by atoms with E-state index >= 15 is 0 Å². The average Bonchev–Trinajstić information content (AvgIpc) is 2.57. The lowest BCUT2D eigenvalue weighted by Gasteiger charge is -2.19. The summed E-state index contributed by atoms with van der Waals surface area (Å²) in [7, 11) is 0. The first kappa shape index (κ1) is 19.4. The Kier molecular flexibility index (Phi) is 5.92. The SMILES string of the molecule is Cc1ccc(OC(C)C(=O)Nc2c(C)cccc2C(C)C)c([N+](=O)[O-])n1. The number of carbonyl (C=O) groups excluding carboxylic acids is 1. The molecule has 1 N–H and O–H groups in total. The quantitative estimate of drug-likeness (QED) is 0.619. The average molecular weight is 357 g/mol. The number of anilines is 1. The lowest BCUT2D eigenvalue weighted by atomic mass is 9.98. The predicted octanol–water partition coefficient (Wildman–Crippen LogP) is 4.14. The molecule has 1 aromatic carbocycles. The third-order valence-corrected chi connectivity index (χ3v) is 4.00. The first-order chi connectivity index (χ1) is 12.2. The van der Waals surface area contributed by atoms with Crippen LogP contribution in [0.3, 0.4) is 0 Å². The van der Waals surface area contributed by atoms with Crippen LogP contribution in [0, 0.1) is 24.0 Å². The number of ether oxygens (including phenoxy) is 1. The Bertz CT molecular complexity index is 834. The molecular weight excluding hydrogens is 334 g/mol. The molecule has 2 aromatic rings. The molecule has 1 unspecified atom stereocenters. The fraction of sp³-hybridized carbons (Fsp3) is 0.368. The molecule has 138 valence electrons. The van der Waals surface area contributed by atoms with Crippen molar-refractivity contribution in [2.45, 2.75) is 46.6 Å². The maximum absolute atomic E-state index is 12.6. The van der Waals surface area contributed by atoms with Gasteiger partial charge in [0, 0.05) is 12.6 Å². The number of aromatic nitrogens is 1. The molecule has 0 spiro atoms. The highest BCUT2D eigenvalue weighted by molar-refractivity contribution is 5.95. The molecule has 1 heterocycles. The Morgan fingerprint density at radius 2 is 1.88 bits per heavy atom. The first-order valence-corrected chi connectivity index (χ1v) is 8.39. The minimum absolute atomic E-state index is 0.0304. The van der Waals surface area contributed by atoms with Gasteiger partial charge in [-0.2, -0.15) is 0 Å². The fourth-order valence-electron chi connectivity index (χ4n) is 2.56. The van der Waals surface area contributed by atoms with Crippen LogP contribution in [-0.4, -0.2) is 21.9 Å². The summed E-state index contributed by atoms with van der Waals surface area (Å²) in [5.41, 5.74) is 3.22. The highest BCUT2D eigenvalue weighted by Crippen LogP contribution is 2.29. The van der Waals surface area contributed by atoms with Crippen LogP contribution in [0.2, 0.25) is 0 Å². The number of benzene rings is 1. The number of aryl methyl sites for hydroxylation is 2. The lowest BCUT2D eigenvalue weighted by molar-refractivity contribution is -0.390. The van der Waals surface area contributed by atoms with Crippen LogP contribution < -0.4 is 10.1 Å². The number of nitro groups is 1. The number of nitrogens with one attached hydrogen (secondary N) is 1. The Morgan fingerprint density at radius 1 is 1.19 bits per heavy atom. The molecular formula is C19H23N3O4. The van der Waals surface area contributed by atoms with E-state index in [0.29, 0.717) is 5.69 Å². The van der Waals surface area contributed by atoms with Gasteiger partial charge in [-0.15, -0.1) is 0 Å². The molecule has 7 nitrogen and oxygen atoms in total. The molecule has 0 saturated carbocycles. The lowest BCUT2D eigenvalue weighted by Crippen LogP contribution is -2.31. The van der Waals surface area contributed by atoms with E-state index in [0.717, 1.165) is 16.8 Å². The van der Waals surface area contributed by atoms with Crippen LogP contribution in [0.1, 0.15) is 43.5 Å². The van der Waals surface area contributed by atoms with Crippen LogP contribution in [0.25, 0.3) is 0 Å². The van der Waals surface area contributed by atoms with Gasteiger partial charge in [0.1, 0.15) is 5.69 Å². The zero-order valence-corrected chi connectivity index (χ0v) is 15.6. The van der Waals surface area contributed by atoms with E-state index in [2.05, 4.69) is 10.3 Å². The van der Waals surface area contributed by atoms with E-state index in [1.165, 1.54) is 6.07 Å². The van der Waals surface area contributed by atoms with Gasteiger partial charge in [0.15, 0.2) is 6.10 Å². The molecule has 0 bridgehead atoms. The molecule has 0 radical (unpaired) electrons. The number of hydrogen-bond acceptors (Lipinski definition) is 5. The molecule has 0 fully saturated rings. The second-order valence-corrected chi connectivity index (χ2v) is 6.47. The molecule has 7 heteroatoms. The third-order valence-electron chi connectivity index (χ3n) is 4.00. The van der Waals surface area contributed by atoms with Crippen molar-refractivity contribution in [3.8, 4) is 5.75 Å². The van der Waals surface area contributed by atoms with Crippen LogP contribution in [0.15, 0.2) is 30.3 Å². The van der Waals surface area contributed by atoms with Gasteiger partial charge in [0.2, 0.25) is 5.75 Å². The number of carbonyl (C=O) groups is 1.